The van der Waals surface area contributed by atoms with E-state index in [1.807, 2.05) is 7.05 Å². The van der Waals surface area contributed by atoms with Crippen molar-refractivity contribution in [3.05, 3.63) is 34.4 Å². The number of benzene rings is 1. The van der Waals surface area contributed by atoms with Crippen molar-refractivity contribution >= 4 is 0 Å². The Balaban J connectivity index is 2.35. The summed E-state index contributed by atoms with van der Waals surface area (Å²) in [7, 11) is 2.00. The first-order valence-corrected chi connectivity index (χ1v) is 6.57. The predicted molar refractivity (Wildman–Crippen MR) is 75.8 cm³/mol. The second kappa shape index (κ2) is 7.46. The second-order valence-electron chi connectivity index (χ2n) is 4.75. The van der Waals surface area contributed by atoms with Crippen molar-refractivity contribution in [2.45, 2.75) is 33.6 Å². The van der Waals surface area contributed by atoms with E-state index in [9.17, 15) is 0 Å². The molecule has 0 radical (unpaired) electrons. The van der Waals surface area contributed by atoms with Crippen LogP contribution >= 0.6 is 0 Å². The molecule has 0 aliphatic carbocycles. The van der Waals surface area contributed by atoms with E-state index in [-0.39, 0.29) is 0 Å². The van der Waals surface area contributed by atoms with E-state index in [4.69, 9.17) is 0 Å². The first-order valence-electron chi connectivity index (χ1n) is 6.57. The highest BCUT2D eigenvalue weighted by Gasteiger charge is 2.02. The molecule has 0 aliphatic rings. The highest BCUT2D eigenvalue weighted by atomic mass is 14.9. The van der Waals surface area contributed by atoms with Crippen LogP contribution in [0.3, 0.4) is 0 Å². The molecule has 0 saturated heterocycles. The lowest BCUT2D eigenvalue weighted by Gasteiger charge is -2.11. The fourth-order valence-corrected chi connectivity index (χ4v) is 2.02. The van der Waals surface area contributed by atoms with Crippen LogP contribution < -0.4 is 10.6 Å². The summed E-state index contributed by atoms with van der Waals surface area (Å²) in [6.07, 6.45) is 2.33. The third kappa shape index (κ3) is 4.49. The topological polar surface area (TPSA) is 24.1 Å². The van der Waals surface area contributed by atoms with Crippen LogP contribution in [0.25, 0.3) is 0 Å². The lowest BCUT2D eigenvalue weighted by atomic mass is 9.97. The number of nitrogens with one attached hydrogen (secondary N) is 2. The van der Waals surface area contributed by atoms with Crippen molar-refractivity contribution in [1.29, 1.82) is 0 Å². The van der Waals surface area contributed by atoms with Crippen LogP contribution in [-0.4, -0.2) is 26.7 Å². The third-order valence-corrected chi connectivity index (χ3v) is 3.52. The molecular weight excluding hydrogens is 208 g/mol. The first kappa shape index (κ1) is 14.2. The Kier molecular flexibility index (Phi) is 6.23. The Morgan fingerprint density at radius 2 is 1.71 bits per heavy atom. The van der Waals surface area contributed by atoms with Gasteiger partial charge in [-0.25, -0.2) is 0 Å². The minimum atomic E-state index is 1.08. The zero-order valence-electron chi connectivity index (χ0n) is 11.7. The van der Waals surface area contributed by atoms with Gasteiger partial charge in [-0.05, 0) is 82.5 Å². The van der Waals surface area contributed by atoms with Gasteiger partial charge < -0.3 is 10.6 Å². The molecule has 0 saturated carbocycles. The predicted octanol–water partition coefficient (Wildman–Crippen LogP) is 2.35. The Bertz CT molecular complexity index is 345. The van der Waals surface area contributed by atoms with Gasteiger partial charge in [0.05, 0.1) is 0 Å². The molecule has 96 valence electrons. The van der Waals surface area contributed by atoms with E-state index in [1.165, 1.54) is 28.7 Å². The monoisotopic (exact) mass is 234 g/mol. The molecule has 0 amide bonds. The Morgan fingerprint density at radius 3 is 2.41 bits per heavy atom. The standard InChI is InChI=1S/C15H26N2/c1-12-6-7-15(14(3)13(12)2)8-11-17-10-5-9-16-4/h6-7,16-17H,5,8-11H2,1-4H3. The molecule has 1 aromatic carbocycles. The van der Waals surface area contributed by atoms with E-state index in [2.05, 4.69) is 43.5 Å². The quantitative estimate of drug-likeness (QED) is 0.708. The Labute approximate surface area is 106 Å². The summed E-state index contributed by atoms with van der Waals surface area (Å²) in [5, 5.41) is 6.65. The largest absolute Gasteiger partial charge is 0.320 e. The maximum absolute atomic E-state index is 3.49. The SMILES string of the molecule is CNCCCNCCc1ccc(C)c(C)c1C. The fourth-order valence-electron chi connectivity index (χ4n) is 2.02. The number of hydrogen-bond donors (Lipinski definition) is 2. The highest BCUT2D eigenvalue weighted by molar-refractivity contribution is 5.38. The molecule has 1 rings (SSSR count). The molecule has 17 heavy (non-hydrogen) atoms. The fraction of sp³-hybridized carbons (Fsp3) is 0.600. The van der Waals surface area contributed by atoms with E-state index < -0.39 is 0 Å². The van der Waals surface area contributed by atoms with Gasteiger partial charge in [0, 0.05) is 0 Å². The van der Waals surface area contributed by atoms with Gasteiger partial charge in [-0.15, -0.1) is 0 Å². The van der Waals surface area contributed by atoms with Gasteiger partial charge in [0.1, 0.15) is 0 Å². The molecule has 2 N–H and O–H groups in total. The van der Waals surface area contributed by atoms with Gasteiger partial charge in [0.2, 0.25) is 0 Å². The maximum atomic E-state index is 3.49. The van der Waals surface area contributed by atoms with Crippen LogP contribution in [-0.2, 0) is 6.42 Å². The molecule has 0 aliphatic heterocycles. The number of aryl methyl sites for hydroxylation is 1. The molecule has 0 atom stereocenters. The molecule has 1 aromatic rings. The summed E-state index contributed by atoms with van der Waals surface area (Å²) in [6, 6.07) is 4.51. The third-order valence-electron chi connectivity index (χ3n) is 3.52. The number of rotatable bonds is 7. The molecule has 2 nitrogen and oxygen atoms in total. The summed E-state index contributed by atoms with van der Waals surface area (Å²) in [5.74, 6) is 0. The van der Waals surface area contributed by atoms with Gasteiger partial charge in [-0.3, -0.25) is 0 Å². The van der Waals surface area contributed by atoms with Crippen LogP contribution in [0.1, 0.15) is 28.7 Å². The van der Waals surface area contributed by atoms with Gasteiger partial charge in [-0.1, -0.05) is 12.1 Å². The van der Waals surface area contributed by atoms with Crippen molar-refractivity contribution in [1.82, 2.24) is 10.6 Å². The lowest BCUT2D eigenvalue weighted by molar-refractivity contribution is 0.624. The van der Waals surface area contributed by atoms with Gasteiger partial charge in [0.25, 0.3) is 0 Å². The molecule has 0 unspecified atom stereocenters. The summed E-state index contributed by atoms with van der Waals surface area (Å²) in [5.41, 5.74) is 5.78. The van der Waals surface area contributed by atoms with Crippen LogP contribution in [0.5, 0.6) is 0 Å². The summed E-state index contributed by atoms with van der Waals surface area (Å²) in [4.78, 5) is 0. The Morgan fingerprint density at radius 1 is 0.941 bits per heavy atom. The van der Waals surface area contributed by atoms with Crippen molar-refractivity contribution in [3.8, 4) is 0 Å². The first-order chi connectivity index (χ1) is 8.16. The van der Waals surface area contributed by atoms with Gasteiger partial charge in [-0.2, -0.15) is 0 Å². The maximum Gasteiger partial charge on any atom is -0.000824 e. The van der Waals surface area contributed by atoms with E-state index in [0.29, 0.717) is 0 Å². The smallest absolute Gasteiger partial charge is 0.000824 e. The van der Waals surface area contributed by atoms with Crippen molar-refractivity contribution in [3.63, 3.8) is 0 Å². The van der Waals surface area contributed by atoms with Crippen molar-refractivity contribution in [2.75, 3.05) is 26.7 Å². The summed E-state index contributed by atoms with van der Waals surface area (Å²) >= 11 is 0. The molecular formula is C15H26N2. The van der Waals surface area contributed by atoms with Crippen LogP contribution in [0, 0.1) is 20.8 Å². The molecule has 0 aromatic heterocycles. The normalized spacial score (nSPS) is 10.8. The number of hydrogen-bond acceptors (Lipinski definition) is 2. The van der Waals surface area contributed by atoms with E-state index >= 15 is 0 Å². The van der Waals surface area contributed by atoms with E-state index in [1.54, 1.807) is 0 Å². The zero-order chi connectivity index (χ0) is 12.7. The van der Waals surface area contributed by atoms with Gasteiger partial charge in [0.15, 0.2) is 0 Å². The molecule has 0 heterocycles. The molecule has 0 spiro atoms. The highest BCUT2D eigenvalue weighted by Crippen LogP contribution is 2.17. The van der Waals surface area contributed by atoms with Gasteiger partial charge >= 0.3 is 0 Å². The zero-order valence-corrected chi connectivity index (χ0v) is 11.7. The average molecular weight is 234 g/mol. The Hall–Kier alpha value is -0.860. The average Bonchev–Trinajstić information content (AvgIpc) is 2.33. The second-order valence-corrected chi connectivity index (χ2v) is 4.75. The van der Waals surface area contributed by atoms with E-state index in [0.717, 1.165) is 26.1 Å². The van der Waals surface area contributed by atoms with Crippen molar-refractivity contribution < 1.29 is 0 Å². The van der Waals surface area contributed by atoms with Crippen LogP contribution in [0.4, 0.5) is 0 Å². The minimum absolute atomic E-state index is 1.08. The molecule has 0 bridgehead atoms. The molecule has 2 heteroatoms. The minimum Gasteiger partial charge on any atom is -0.320 e. The van der Waals surface area contributed by atoms with Crippen LogP contribution in [0.15, 0.2) is 12.1 Å². The van der Waals surface area contributed by atoms with Crippen LogP contribution in [0.2, 0.25) is 0 Å². The summed E-state index contributed by atoms with van der Waals surface area (Å²) in [6.45, 7) is 9.91. The van der Waals surface area contributed by atoms with Crippen molar-refractivity contribution in [2.24, 2.45) is 0 Å². The summed E-state index contributed by atoms with van der Waals surface area (Å²) < 4.78 is 0. The molecule has 0 fully saturated rings. The lowest BCUT2D eigenvalue weighted by Crippen LogP contribution is -2.22.